The highest BCUT2D eigenvalue weighted by Gasteiger charge is 2.33. The Bertz CT molecular complexity index is 1300. The van der Waals surface area contributed by atoms with Crippen molar-refractivity contribution < 1.29 is 13.9 Å². The van der Waals surface area contributed by atoms with Crippen LogP contribution in [0.3, 0.4) is 0 Å². The molecule has 1 aliphatic heterocycles. The summed E-state index contributed by atoms with van der Waals surface area (Å²) in [6, 6.07) is 17.7. The van der Waals surface area contributed by atoms with Gasteiger partial charge in [0.15, 0.2) is 5.76 Å². The zero-order valence-corrected chi connectivity index (χ0v) is 18.0. The summed E-state index contributed by atoms with van der Waals surface area (Å²) in [7, 11) is 0. The van der Waals surface area contributed by atoms with Crippen LogP contribution in [-0.2, 0) is 0 Å². The molecule has 1 fully saturated rings. The Hall–Kier alpha value is -3.56. The minimum atomic E-state index is -0.205. The van der Waals surface area contributed by atoms with Crippen LogP contribution < -0.4 is 4.90 Å². The van der Waals surface area contributed by atoms with Crippen LogP contribution in [-0.4, -0.2) is 50.8 Å². The average Bonchev–Trinajstić information content (AvgIpc) is 3.63. The molecule has 0 aliphatic carbocycles. The van der Waals surface area contributed by atoms with Crippen molar-refractivity contribution in [2.75, 3.05) is 31.1 Å². The fourth-order valence-electron chi connectivity index (χ4n) is 4.24. The average molecular weight is 448 g/mol. The molecule has 1 aromatic carbocycles. The van der Waals surface area contributed by atoms with Gasteiger partial charge in [0.1, 0.15) is 11.8 Å². The zero-order chi connectivity index (χ0) is 21.5. The van der Waals surface area contributed by atoms with Crippen molar-refractivity contribution in [1.29, 1.82) is 0 Å². The van der Waals surface area contributed by atoms with Crippen LogP contribution >= 0.6 is 11.3 Å². The second kappa shape index (κ2) is 7.85. The molecule has 6 rings (SSSR count). The van der Waals surface area contributed by atoms with Crippen molar-refractivity contribution in [3.8, 4) is 17.5 Å². The van der Waals surface area contributed by atoms with Crippen molar-refractivity contribution in [2.45, 2.75) is 6.04 Å². The van der Waals surface area contributed by atoms with E-state index in [1.54, 1.807) is 24.7 Å². The number of fused-ring (bicyclic) bond motifs is 1. The van der Waals surface area contributed by atoms with Gasteiger partial charge in [0.05, 0.1) is 17.4 Å². The number of thiazole rings is 1. The predicted molar refractivity (Wildman–Crippen MR) is 121 cm³/mol. The number of piperazine rings is 1. The number of benzene rings is 1. The molecule has 9 heteroatoms. The van der Waals surface area contributed by atoms with E-state index in [0.717, 1.165) is 36.8 Å². The summed E-state index contributed by atoms with van der Waals surface area (Å²) in [6.45, 7) is 3.47. The highest BCUT2D eigenvalue weighted by molar-refractivity contribution is 7.17. The van der Waals surface area contributed by atoms with E-state index < -0.39 is 0 Å². The van der Waals surface area contributed by atoms with E-state index in [-0.39, 0.29) is 11.9 Å². The molecular formula is C23H21N5O3S. The highest BCUT2D eigenvalue weighted by Crippen LogP contribution is 2.41. The van der Waals surface area contributed by atoms with E-state index in [4.69, 9.17) is 8.83 Å². The molecule has 5 aromatic rings. The maximum Gasteiger partial charge on any atom is 0.230 e. The Morgan fingerprint density at radius 3 is 2.38 bits per heavy atom. The third-order valence-corrected chi connectivity index (χ3v) is 6.88. The maximum atomic E-state index is 11.1. The summed E-state index contributed by atoms with van der Waals surface area (Å²) < 4.78 is 12.7. The van der Waals surface area contributed by atoms with Crippen LogP contribution in [0.25, 0.3) is 16.5 Å². The van der Waals surface area contributed by atoms with Crippen LogP contribution in [0.2, 0.25) is 0 Å². The van der Waals surface area contributed by atoms with Crippen molar-refractivity contribution >= 4 is 22.0 Å². The van der Waals surface area contributed by atoms with Gasteiger partial charge < -0.3 is 18.8 Å². The molecule has 0 radical (unpaired) electrons. The van der Waals surface area contributed by atoms with Gasteiger partial charge in [-0.25, -0.2) is 0 Å². The van der Waals surface area contributed by atoms with Gasteiger partial charge in [-0.2, -0.15) is 9.50 Å². The van der Waals surface area contributed by atoms with E-state index in [9.17, 15) is 5.11 Å². The standard InChI is InChI=1S/C23H21N5O3S/c29-22-20(32-23-24-21(25-28(22)23)18-9-5-15-31-18)19(17-8-4-14-30-17)27-12-10-26(11-13-27)16-6-2-1-3-7-16/h1-9,14-15,19,29H,10-13H2. The fourth-order valence-corrected chi connectivity index (χ4v) is 5.33. The first-order valence-corrected chi connectivity index (χ1v) is 11.3. The highest BCUT2D eigenvalue weighted by atomic mass is 32.1. The van der Waals surface area contributed by atoms with Gasteiger partial charge in [-0.1, -0.05) is 29.5 Å². The SMILES string of the molecule is Oc1c(C(c2ccco2)N2CCN(c3ccccc3)CC2)sc2nc(-c3ccco3)nn12. The zero-order valence-electron chi connectivity index (χ0n) is 17.2. The first-order chi connectivity index (χ1) is 15.8. The second-order valence-electron chi connectivity index (χ2n) is 7.67. The number of anilines is 1. The normalized spacial score (nSPS) is 16.1. The third kappa shape index (κ3) is 3.26. The molecule has 5 heterocycles. The lowest BCUT2D eigenvalue weighted by molar-refractivity contribution is 0.191. The first kappa shape index (κ1) is 19.1. The number of hydrogen-bond acceptors (Lipinski definition) is 8. The number of aromatic nitrogens is 3. The number of aromatic hydroxyl groups is 1. The van der Waals surface area contributed by atoms with Crippen LogP contribution in [0, 0.1) is 0 Å². The molecule has 1 unspecified atom stereocenters. The summed E-state index contributed by atoms with van der Waals surface area (Å²) in [5.41, 5.74) is 1.23. The molecule has 1 aliphatic rings. The van der Waals surface area contributed by atoms with Crippen molar-refractivity contribution in [2.24, 2.45) is 0 Å². The van der Waals surface area contributed by atoms with Gasteiger partial charge in [-0.3, -0.25) is 4.90 Å². The lowest BCUT2D eigenvalue weighted by Crippen LogP contribution is -2.47. The minimum absolute atomic E-state index is 0.0854. The number of nitrogens with zero attached hydrogens (tertiary/aromatic N) is 5. The molecular weight excluding hydrogens is 426 g/mol. The molecule has 4 aromatic heterocycles. The van der Waals surface area contributed by atoms with E-state index in [0.29, 0.717) is 16.5 Å². The Labute approximate surface area is 187 Å². The Morgan fingerprint density at radius 2 is 1.69 bits per heavy atom. The lowest BCUT2D eigenvalue weighted by Gasteiger charge is -2.39. The first-order valence-electron chi connectivity index (χ1n) is 10.5. The molecule has 32 heavy (non-hydrogen) atoms. The third-order valence-electron chi connectivity index (χ3n) is 5.80. The Kier molecular flexibility index (Phi) is 4.70. The van der Waals surface area contributed by atoms with Gasteiger partial charge in [-0.15, -0.1) is 5.10 Å². The molecule has 0 amide bonds. The fraction of sp³-hybridized carbons (Fsp3) is 0.217. The molecule has 0 bridgehead atoms. The van der Waals surface area contributed by atoms with Crippen molar-refractivity contribution in [1.82, 2.24) is 19.5 Å². The number of hydrogen-bond donors (Lipinski definition) is 1. The Morgan fingerprint density at radius 1 is 0.906 bits per heavy atom. The predicted octanol–water partition coefficient (Wildman–Crippen LogP) is 4.26. The largest absolute Gasteiger partial charge is 0.492 e. The minimum Gasteiger partial charge on any atom is -0.492 e. The smallest absolute Gasteiger partial charge is 0.230 e. The van der Waals surface area contributed by atoms with Crippen molar-refractivity contribution in [3.63, 3.8) is 0 Å². The van der Waals surface area contributed by atoms with Gasteiger partial charge in [-0.05, 0) is 36.4 Å². The van der Waals surface area contributed by atoms with E-state index >= 15 is 0 Å². The van der Waals surface area contributed by atoms with Crippen LogP contribution in [0.4, 0.5) is 5.69 Å². The van der Waals surface area contributed by atoms with Gasteiger partial charge in [0.2, 0.25) is 16.7 Å². The summed E-state index contributed by atoms with van der Waals surface area (Å²) in [5.74, 6) is 1.90. The van der Waals surface area contributed by atoms with Gasteiger partial charge in [0, 0.05) is 31.9 Å². The topological polar surface area (TPSA) is 83.2 Å². The number of furan rings is 2. The molecule has 0 spiro atoms. The molecule has 0 saturated carbocycles. The van der Waals surface area contributed by atoms with E-state index in [2.05, 4.69) is 44.1 Å². The molecule has 8 nitrogen and oxygen atoms in total. The number of rotatable bonds is 5. The monoisotopic (exact) mass is 447 g/mol. The quantitative estimate of drug-likeness (QED) is 0.431. The maximum absolute atomic E-state index is 11.1. The van der Waals surface area contributed by atoms with Crippen LogP contribution in [0.1, 0.15) is 16.7 Å². The number of para-hydroxylation sites is 1. The molecule has 1 N–H and O–H groups in total. The summed E-state index contributed by atoms with van der Waals surface area (Å²) in [6.07, 6.45) is 3.25. The van der Waals surface area contributed by atoms with Crippen molar-refractivity contribution in [3.05, 3.63) is 77.8 Å². The molecule has 162 valence electrons. The lowest BCUT2D eigenvalue weighted by atomic mass is 10.1. The van der Waals surface area contributed by atoms with Gasteiger partial charge >= 0.3 is 0 Å². The molecule has 1 saturated heterocycles. The van der Waals surface area contributed by atoms with Gasteiger partial charge in [0.25, 0.3) is 0 Å². The summed E-state index contributed by atoms with van der Waals surface area (Å²) >= 11 is 1.42. The van der Waals surface area contributed by atoms with E-state index in [1.807, 2.05) is 18.2 Å². The molecule has 1 atom stereocenters. The van der Waals surface area contributed by atoms with Crippen LogP contribution in [0.5, 0.6) is 5.88 Å². The van der Waals surface area contributed by atoms with E-state index in [1.165, 1.54) is 21.5 Å². The summed E-state index contributed by atoms with van der Waals surface area (Å²) in [4.78, 5) is 10.7. The second-order valence-corrected chi connectivity index (χ2v) is 8.68. The van der Waals surface area contributed by atoms with Crippen LogP contribution in [0.15, 0.2) is 76.0 Å². The summed E-state index contributed by atoms with van der Waals surface area (Å²) in [5, 5.41) is 15.5. The Balaban J connectivity index is 1.32.